The Hall–Kier alpha value is -1.31. The molecule has 0 aromatic heterocycles. The maximum absolute atomic E-state index is 12.9. The van der Waals surface area contributed by atoms with E-state index in [9.17, 15) is 22.8 Å². The molecule has 104 valence electrons. The minimum Gasteiger partial charge on any atom is -0.355 e. The van der Waals surface area contributed by atoms with Crippen molar-refractivity contribution in [3.63, 3.8) is 0 Å². The van der Waals surface area contributed by atoms with E-state index in [4.69, 9.17) is 0 Å². The molecule has 1 rings (SSSR count). The molecule has 1 aliphatic rings. The summed E-state index contributed by atoms with van der Waals surface area (Å²) in [7, 11) is 0. The van der Waals surface area contributed by atoms with Gasteiger partial charge in [0.2, 0.25) is 11.8 Å². The normalized spacial score (nSPS) is 23.8. The molecular formula is C10H16F3N3O2. The van der Waals surface area contributed by atoms with Crippen LogP contribution in [-0.2, 0) is 9.59 Å². The van der Waals surface area contributed by atoms with E-state index in [1.54, 1.807) is 0 Å². The Kier molecular flexibility index (Phi) is 4.55. The Labute approximate surface area is 102 Å². The Morgan fingerprint density at radius 1 is 1.28 bits per heavy atom. The van der Waals surface area contributed by atoms with Crippen molar-refractivity contribution in [2.24, 2.45) is 5.41 Å². The summed E-state index contributed by atoms with van der Waals surface area (Å²) < 4.78 is 38.8. The largest absolute Gasteiger partial charge is 0.404 e. The Balaban J connectivity index is 2.54. The van der Waals surface area contributed by atoms with Gasteiger partial charge in [-0.25, -0.2) is 0 Å². The number of rotatable bonds is 4. The minimum atomic E-state index is -4.57. The number of carbonyl (C=O) groups excluding carboxylic acids is 2. The highest BCUT2D eigenvalue weighted by atomic mass is 19.4. The molecule has 1 unspecified atom stereocenters. The third-order valence-corrected chi connectivity index (χ3v) is 2.92. The molecule has 1 heterocycles. The molecule has 1 fully saturated rings. The maximum atomic E-state index is 12.9. The zero-order chi connectivity index (χ0) is 13.8. The van der Waals surface area contributed by atoms with Crippen molar-refractivity contribution >= 4 is 11.8 Å². The van der Waals surface area contributed by atoms with Gasteiger partial charge in [-0.15, -0.1) is 0 Å². The van der Waals surface area contributed by atoms with Crippen LogP contribution < -0.4 is 16.0 Å². The monoisotopic (exact) mass is 267 g/mol. The van der Waals surface area contributed by atoms with Crippen LogP contribution in [0.4, 0.5) is 13.2 Å². The third-order valence-electron chi connectivity index (χ3n) is 2.92. The Bertz CT molecular complexity index is 325. The van der Waals surface area contributed by atoms with E-state index in [-0.39, 0.29) is 32.0 Å². The van der Waals surface area contributed by atoms with Crippen molar-refractivity contribution in [1.82, 2.24) is 16.0 Å². The SMILES string of the molecule is CC(=O)NCCNC(=O)C1(C(F)(F)F)CCNC1. The number of hydrogen-bond donors (Lipinski definition) is 3. The van der Waals surface area contributed by atoms with Gasteiger partial charge in [-0.05, 0) is 13.0 Å². The smallest absolute Gasteiger partial charge is 0.355 e. The molecule has 5 nitrogen and oxygen atoms in total. The number of nitrogens with one attached hydrogen (secondary N) is 3. The average molecular weight is 267 g/mol. The summed E-state index contributed by atoms with van der Waals surface area (Å²) in [6.45, 7) is 1.15. The van der Waals surface area contributed by atoms with Crippen molar-refractivity contribution in [3.8, 4) is 0 Å². The van der Waals surface area contributed by atoms with Crippen LogP contribution in [0.1, 0.15) is 13.3 Å². The second-order valence-corrected chi connectivity index (χ2v) is 4.25. The first-order valence-electron chi connectivity index (χ1n) is 5.60. The maximum Gasteiger partial charge on any atom is 0.404 e. The molecule has 18 heavy (non-hydrogen) atoms. The highest BCUT2D eigenvalue weighted by molar-refractivity contribution is 5.84. The summed E-state index contributed by atoms with van der Waals surface area (Å²) in [5.74, 6) is -1.33. The topological polar surface area (TPSA) is 70.2 Å². The number of amides is 2. The van der Waals surface area contributed by atoms with Crippen molar-refractivity contribution in [1.29, 1.82) is 0 Å². The zero-order valence-corrected chi connectivity index (χ0v) is 9.99. The molecule has 0 saturated carbocycles. The van der Waals surface area contributed by atoms with Crippen LogP contribution in [-0.4, -0.2) is 44.2 Å². The van der Waals surface area contributed by atoms with E-state index < -0.39 is 24.0 Å². The van der Waals surface area contributed by atoms with E-state index in [2.05, 4.69) is 16.0 Å². The molecule has 1 atom stereocenters. The zero-order valence-electron chi connectivity index (χ0n) is 9.99. The van der Waals surface area contributed by atoms with Gasteiger partial charge in [0.05, 0.1) is 0 Å². The summed E-state index contributed by atoms with van der Waals surface area (Å²) in [4.78, 5) is 22.2. The van der Waals surface area contributed by atoms with Crippen LogP contribution in [0.3, 0.4) is 0 Å². The van der Waals surface area contributed by atoms with Crippen molar-refractivity contribution in [2.45, 2.75) is 19.5 Å². The van der Waals surface area contributed by atoms with Crippen molar-refractivity contribution in [3.05, 3.63) is 0 Å². The van der Waals surface area contributed by atoms with E-state index in [1.165, 1.54) is 6.92 Å². The van der Waals surface area contributed by atoms with Gasteiger partial charge in [-0.3, -0.25) is 9.59 Å². The molecule has 0 spiro atoms. The summed E-state index contributed by atoms with van der Waals surface area (Å²) in [5.41, 5.74) is -2.34. The fourth-order valence-corrected chi connectivity index (χ4v) is 1.84. The number of hydrogen-bond acceptors (Lipinski definition) is 3. The van der Waals surface area contributed by atoms with E-state index in [0.717, 1.165) is 0 Å². The summed E-state index contributed by atoms with van der Waals surface area (Å²) in [6.07, 6.45) is -4.84. The highest BCUT2D eigenvalue weighted by Crippen LogP contribution is 2.43. The van der Waals surface area contributed by atoms with Crippen LogP contribution >= 0.6 is 0 Å². The standard InChI is InChI=1S/C10H16F3N3O2/c1-7(17)15-4-5-16-8(18)9(10(11,12)13)2-3-14-6-9/h14H,2-6H2,1H3,(H,15,17)(H,16,18). The minimum absolute atomic E-state index is 0.0176. The van der Waals surface area contributed by atoms with E-state index in [1.807, 2.05) is 0 Å². The fourth-order valence-electron chi connectivity index (χ4n) is 1.84. The van der Waals surface area contributed by atoms with Gasteiger partial charge < -0.3 is 16.0 Å². The summed E-state index contributed by atoms with van der Waals surface area (Å²) in [6, 6.07) is 0. The Morgan fingerprint density at radius 2 is 1.89 bits per heavy atom. The molecular weight excluding hydrogens is 251 g/mol. The first kappa shape index (κ1) is 14.7. The van der Waals surface area contributed by atoms with Crippen LogP contribution in [0.25, 0.3) is 0 Å². The molecule has 3 N–H and O–H groups in total. The lowest BCUT2D eigenvalue weighted by Gasteiger charge is -2.29. The van der Waals surface area contributed by atoms with Crippen LogP contribution in [0.5, 0.6) is 0 Å². The molecule has 0 bridgehead atoms. The number of alkyl halides is 3. The second-order valence-electron chi connectivity index (χ2n) is 4.25. The molecule has 0 aromatic rings. The molecule has 1 aliphatic heterocycles. The van der Waals surface area contributed by atoms with Gasteiger partial charge in [-0.1, -0.05) is 0 Å². The average Bonchev–Trinajstić information content (AvgIpc) is 2.73. The van der Waals surface area contributed by atoms with E-state index >= 15 is 0 Å². The quantitative estimate of drug-likeness (QED) is 0.617. The van der Waals surface area contributed by atoms with Crippen LogP contribution in [0.2, 0.25) is 0 Å². The molecule has 0 aliphatic carbocycles. The first-order valence-corrected chi connectivity index (χ1v) is 5.60. The summed E-state index contributed by atoms with van der Waals surface area (Å²) >= 11 is 0. The van der Waals surface area contributed by atoms with Crippen molar-refractivity contribution in [2.75, 3.05) is 26.2 Å². The first-order chi connectivity index (χ1) is 8.29. The molecule has 0 radical (unpaired) electrons. The molecule has 1 saturated heterocycles. The predicted molar refractivity (Wildman–Crippen MR) is 57.7 cm³/mol. The van der Waals surface area contributed by atoms with E-state index in [0.29, 0.717) is 0 Å². The van der Waals surface area contributed by atoms with Crippen molar-refractivity contribution < 1.29 is 22.8 Å². The molecule has 8 heteroatoms. The van der Waals surface area contributed by atoms with Gasteiger partial charge in [0.25, 0.3) is 0 Å². The van der Waals surface area contributed by atoms with Gasteiger partial charge in [-0.2, -0.15) is 13.2 Å². The summed E-state index contributed by atoms with van der Waals surface area (Å²) in [5, 5.41) is 7.16. The van der Waals surface area contributed by atoms with Gasteiger partial charge in [0.15, 0.2) is 5.41 Å². The van der Waals surface area contributed by atoms with Gasteiger partial charge in [0, 0.05) is 26.6 Å². The van der Waals surface area contributed by atoms with Crippen LogP contribution in [0.15, 0.2) is 0 Å². The Morgan fingerprint density at radius 3 is 2.33 bits per heavy atom. The number of carbonyl (C=O) groups is 2. The lowest BCUT2D eigenvalue weighted by Crippen LogP contribution is -2.53. The third kappa shape index (κ3) is 3.12. The lowest BCUT2D eigenvalue weighted by atomic mass is 9.85. The fraction of sp³-hybridized carbons (Fsp3) is 0.800. The van der Waals surface area contributed by atoms with Gasteiger partial charge >= 0.3 is 6.18 Å². The van der Waals surface area contributed by atoms with Gasteiger partial charge in [0.1, 0.15) is 0 Å². The molecule has 0 aromatic carbocycles. The molecule has 2 amide bonds. The lowest BCUT2D eigenvalue weighted by molar-refractivity contribution is -0.216. The predicted octanol–water partition coefficient (Wildman–Crippen LogP) is -0.219. The second kappa shape index (κ2) is 5.55. The number of halogens is 3. The van der Waals surface area contributed by atoms with Crippen LogP contribution in [0, 0.1) is 5.41 Å². The highest BCUT2D eigenvalue weighted by Gasteiger charge is 2.61.